The number of benzene rings is 1. The molecular formula is C18H26N2O2. The van der Waals surface area contributed by atoms with Crippen LogP contribution in [0.15, 0.2) is 30.3 Å². The Bertz CT molecular complexity index is 503. The first kappa shape index (κ1) is 15.5. The SMILES string of the molecule is CN(C)C[C@@H]1OC[C@H]2CCN(C(=O)Cc3ccccc3)C[C@H]21. The maximum atomic E-state index is 12.6. The zero-order chi connectivity index (χ0) is 15.5. The van der Waals surface area contributed by atoms with Crippen LogP contribution in [-0.2, 0) is 16.0 Å². The second-order valence-corrected chi connectivity index (χ2v) is 6.85. The third kappa shape index (κ3) is 3.50. The molecule has 2 aliphatic heterocycles. The van der Waals surface area contributed by atoms with E-state index in [9.17, 15) is 4.79 Å². The summed E-state index contributed by atoms with van der Waals surface area (Å²) in [6, 6.07) is 10.0. The van der Waals surface area contributed by atoms with Crippen LogP contribution < -0.4 is 0 Å². The molecular weight excluding hydrogens is 276 g/mol. The monoisotopic (exact) mass is 302 g/mol. The van der Waals surface area contributed by atoms with Crippen molar-refractivity contribution in [2.45, 2.75) is 18.9 Å². The summed E-state index contributed by atoms with van der Waals surface area (Å²) in [6.45, 7) is 3.55. The zero-order valence-corrected chi connectivity index (χ0v) is 13.6. The molecule has 4 nitrogen and oxygen atoms in total. The van der Waals surface area contributed by atoms with E-state index in [0.717, 1.165) is 38.2 Å². The van der Waals surface area contributed by atoms with Gasteiger partial charge in [-0.25, -0.2) is 0 Å². The lowest BCUT2D eigenvalue weighted by Gasteiger charge is -2.36. The van der Waals surface area contributed by atoms with Gasteiger partial charge in [-0.15, -0.1) is 0 Å². The van der Waals surface area contributed by atoms with E-state index in [2.05, 4.69) is 19.0 Å². The number of ether oxygens (including phenoxy) is 1. The molecule has 3 rings (SSSR count). The van der Waals surface area contributed by atoms with Crippen molar-refractivity contribution in [3.05, 3.63) is 35.9 Å². The number of fused-ring (bicyclic) bond motifs is 1. The van der Waals surface area contributed by atoms with Gasteiger partial charge >= 0.3 is 0 Å². The number of amides is 1. The van der Waals surface area contributed by atoms with Crippen molar-refractivity contribution in [3.8, 4) is 0 Å². The summed E-state index contributed by atoms with van der Waals surface area (Å²) in [5.74, 6) is 1.38. The molecule has 2 aliphatic rings. The van der Waals surface area contributed by atoms with Crippen molar-refractivity contribution in [1.82, 2.24) is 9.80 Å². The number of likely N-dealkylation sites (N-methyl/N-ethyl adjacent to an activating group) is 1. The van der Waals surface area contributed by atoms with Crippen LogP contribution in [0.1, 0.15) is 12.0 Å². The van der Waals surface area contributed by atoms with Crippen molar-refractivity contribution < 1.29 is 9.53 Å². The zero-order valence-electron chi connectivity index (χ0n) is 13.6. The van der Waals surface area contributed by atoms with Crippen LogP contribution in [0.25, 0.3) is 0 Å². The first-order valence-corrected chi connectivity index (χ1v) is 8.21. The van der Waals surface area contributed by atoms with Gasteiger partial charge in [0.05, 0.1) is 19.1 Å². The standard InChI is InChI=1S/C18H26N2O2/c1-19(2)12-17-16-11-20(9-8-15(16)13-22-17)18(21)10-14-6-4-3-5-7-14/h3-7,15-17H,8-13H2,1-2H3/t15-,16-,17+/m1/s1. The van der Waals surface area contributed by atoms with Gasteiger partial charge in [0.2, 0.25) is 5.91 Å². The van der Waals surface area contributed by atoms with Gasteiger partial charge in [0.1, 0.15) is 0 Å². The maximum absolute atomic E-state index is 12.6. The topological polar surface area (TPSA) is 32.8 Å². The normalized spacial score (nSPS) is 28.0. The van der Waals surface area contributed by atoms with Crippen molar-refractivity contribution >= 4 is 5.91 Å². The highest BCUT2D eigenvalue weighted by atomic mass is 16.5. The Balaban J connectivity index is 1.60. The van der Waals surface area contributed by atoms with E-state index >= 15 is 0 Å². The molecule has 0 radical (unpaired) electrons. The minimum absolute atomic E-state index is 0.250. The highest BCUT2D eigenvalue weighted by Crippen LogP contribution is 2.34. The summed E-state index contributed by atoms with van der Waals surface area (Å²) in [5, 5.41) is 0. The average Bonchev–Trinajstić information content (AvgIpc) is 2.90. The van der Waals surface area contributed by atoms with Gasteiger partial charge in [0.25, 0.3) is 0 Å². The summed E-state index contributed by atoms with van der Waals surface area (Å²) in [7, 11) is 4.16. The number of hydrogen-bond donors (Lipinski definition) is 0. The second-order valence-electron chi connectivity index (χ2n) is 6.85. The Morgan fingerprint density at radius 3 is 2.82 bits per heavy atom. The van der Waals surface area contributed by atoms with E-state index in [1.54, 1.807) is 0 Å². The lowest BCUT2D eigenvalue weighted by atomic mass is 9.84. The van der Waals surface area contributed by atoms with Gasteiger partial charge in [-0.1, -0.05) is 30.3 Å². The van der Waals surface area contributed by atoms with Gasteiger partial charge in [-0.2, -0.15) is 0 Å². The third-order valence-electron chi connectivity index (χ3n) is 4.90. The van der Waals surface area contributed by atoms with E-state index < -0.39 is 0 Å². The molecule has 0 aromatic heterocycles. The summed E-state index contributed by atoms with van der Waals surface area (Å²) in [4.78, 5) is 16.8. The molecule has 120 valence electrons. The summed E-state index contributed by atoms with van der Waals surface area (Å²) < 4.78 is 5.98. The molecule has 0 N–H and O–H groups in total. The number of likely N-dealkylation sites (tertiary alicyclic amines) is 1. The molecule has 0 spiro atoms. The van der Waals surface area contributed by atoms with Crippen LogP contribution in [-0.4, -0.2) is 62.1 Å². The molecule has 0 aliphatic carbocycles. The third-order valence-corrected chi connectivity index (χ3v) is 4.90. The van der Waals surface area contributed by atoms with Gasteiger partial charge in [-0.05, 0) is 32.0 Å². The molecule has 0 unspecified atom stereocenters. The fourth-order valence-electron chi connectivity index (χ4n) is 3.69. The van der Waals surface area contributed by atoms with Gasteiger partial charge in [0, 0.05) is 25.6 Å². The Labute approximate surface area is 133 Å². The molecule has 4 heteroatoms. The van der Waals surface area contributed by atoms with Crippen LogP contribution in [0.2, 0.25) is 0 Å². The quantitative estimate of drug-likeness (QED) is 0.848. The lowest BCUT2D eigenvalue weighted by molar-refractivity contribution is -0.133. The fraction of sp³-hybridized carbons (Fsp3) is 0.611. The minimum Gasteiger partial charge on any atom is -0.376 e. The summed E-state index contributed by atoms with van der Waals surface area (Å²) >= 11 is 0. The molecule has 2 saturated heterocycles. The first-order chi connectivity index (χ1) is 10.6. The minimum atomic E-state index is 0.250. The van der Waals surface area contributed by atoms with Crippen molar-refractivity contribution in [1.29, 1.82) is 0 Å². The Morgan fingerprint density at radius 1 is 1.32 bits per heavy atom. The van der Waals surface area contributed by atoms with Crippen LogP contribution in [0, 0.1) is 11.8 Å². The van der Waals surface area contributed by atoms with Crippen LogP contribution in [0.3, 0.4) is 0 Å². The Morgan fingerprint density at radius 2 is 2.09 bits per heavy atom. The highest BCUT2D eigenvalue weighted by molar-refractivity contribution is 5.78. The summed E-state index contributed by atoms with van der Waals surface area (Å²) in [5.41, 5.74) is 1.10. The maximum Gasteiger partial charge on any atom is 0.227 e. The number of carbonyl (C=O) groups excluding carboxylic acids is 1. The molecule has 0 bridgehead atoms. The van der Waals surface area contributed by atoms with Crippen LogP contribution >= 0.6 is 0 Å². The predicted octanol–water partition coefficient (Wildman–Crippen LogP) is 1.65. The van der Waals surface area contributed by atoms with Crippen LogP contribution in [0.4, 0.5) is 0 Å². The average molecular weight is 302 g/mol. The van der Waals surface area contributed by atoms with E-state index in [0.29, 0.717) is 18.3 Å². The predicted molar refractivity (Wildman–Crippen MR) is 86.6 cm³/mol. The van der Waals surface area contributed by atoms with E-state index in [1.807, 2.05) is 35.2 Å². The number of piperidine rings is 1. The van der Waals surface area contributed by atoms with E-state index in [-0.39, 0.29) is 12.0 Å². The number of rotatable bonds is 4. The van der Waals surface area contributed by atoms with E-state index in [4.69, 9.17) is 4.74 Å². The number of hydrogen-bond acceptors (Lipinski definition) is 3. The van der Waals surface area contributed by atoms with Gasteiger partial charge in [-0.3, -0.25) is 4.79 Å². The van der Waals surface area contributed by atoms with Gasteiger partial charge < -0.3 is 14.5 Å². The second kappa shape index (κ2) is 6.80. The van der Waals surface area contributed by atoms with E-state index in [1.165, 1.54) is 0 Å². The Hall–Kier alpha value is -1.39. The molecule has 3 atom stereocenters. The van der Waals surface area contributed by atoms with Crippen molar-refractivity contribution in [2.24, 2.45) is 11.8 Å². The largest absolute Gasteiger partial charge is 0.376 e. The molecule has 1 amide bonds. The highest BCUT2D eigenvalue weighted by Gasteiger charge is 2.41. The smallest absolute Gasteiger partial charge is 0.227 e. The first-order valence-electron chi connectivity index (χ1n) is 8.21. The fourth-order valence-corrected chi connectivity index (χ4v) is 3.69. The Kier molecular flexibility index (Phi) is 4.79. The molecule has 1 aromatic rings. The summed E-state index contributed by atoms with van der Waals surface area (Å²) in [6.07, 6.45) is 1.86. The van der Waals surface area contributed by atoms with Gasteiger partial charge in [0.15, 0.2) is 0 Å². The van der Waals surface area contributed by atoms with Crippen LogP contribution in [0.5, 0.6) is 0 Å². The lowest BCUT2D eigenvalue weighted by Crippen LogP contribution is -2.47. The van der Waals surface area contributed by atoms with Crippen molar-refractivity contribution in [3.63, 3.8) is 0 Å². The number of nitrogens with zero attached hydrogens (tertiary/aromatic N) is 2. The molecule has 22 heavy (non-hydrogen) atoms. The van der Waals surface area contributed by atoms with Crippen molar-refractivity contribution in [2.75, 3.05) is 40.3 Å². The molecule has 2 fully saturated rings. The molecule has 1 aromatic carbocycles. The molecule has 2 heterocycles. The number of carbonyl (C=O) groups is 1. The molecule has 0 saturated carbocycles.